The Morgan fingerprint density at radius 2 is 1.17 bits per heavy atom. The molecule has 12 atom stereocenters. The van der Waals surface area contributed by atoms with E-state index < -0.39 is 176 Å². The summed E-state index contributed by atoms with van der Waals surface area (Å²) in [5.74, 6) is -10.2. The Bertz CT molecular complexity index is 4780. The minimum atomic E-state index is -1.67. The topological polar surface area (TPSA) is 662 Å². The lowest BCUT2D eigenvalue weighted by Gasteiger charge is -2.29. The van der Waals surface area contributed by atoms with Crippen LogP contribution in [0.15, 0.2) is 99.3 Å². The van der Waals surface area contributed by atoms with Crippen LogP contribution in [0.4, 0.5) is 0 Å². The van der Waals surface area contributed by atoms with Crippen LogP contribution in [0.25, 0.3) is 10.9 Å². The van der Waals surface area contributed by atoms with Gasteiger partial charge in [0.25, 0.3) is 0 Å². The third-order valence-corrected chi connectivity index (χ3v) is 24.1. The van der Waals surface area contributed by atoms with Crippen molar-refractivity contribution in [3.8, 4) is 0 Å². The summed E-state index contributed by atoms with van der Waals surface area (Å²) >= 11 is 0. The molecule has 2 fully saturated rings. The number of aliphatic carboxylic acids is 1. The van der Waals surface area contributed by atoms with Crippen LogP contribution in [0.5, 0.6) is 0 Å². The second-order valence-corrected chi connectivity index (χ2v) is 35.4. The molecule has 140 heavy (non-hydrogen) atoms. The molecular formula is C96H145N23O21. The lowest BCUT2D eigenvalue weighted by Crippen LogP contribution is -2.60. The first kappa shape index (κ1) is 114. The number of carbonyl (C=O) groups excluding carboxylic acids is 14. The van der Waals surface area contributed by atoms with Crippen LogP contribution >= 0.6 is 0 Å². The van der Waals surface area contributed by atoms with E-state index in [9.17, 15) is 92.3 Å². The second kappa shape index (κ2) is 64.4. The number of Topliss-reactive ketones (excluding diaryl/α,β-unsaturated/α-hetero) is 1. The van der Waals surface area contributed by atoms with Crippen molar-refractivity contribution in [2.24, 2.45) is 32.4 Å². The predicted molar refractivity (Wildman–Crippen MR) is 519 cm³/mol. The number of para-hydroxylation sites is 1. The fraction of sp³-hybridized carbons (Fsp3) is 0.615. The Morgan fingerprint density at radius 1 is 0.593 bits per heavy atom. The number of carboxylic acid groups (broad SMARTS) is 1. The zero-order valence-corrected chi connectivity index (χ0v) is 80.6. The molecule has 4 aliphatic heterocycles. The maximum Gasteiger partial charge on any atom is 0.326 e. The number of hydrogen-bond donors (Lipinski definition) is 20. The van der Waals surface area contributed by atoms with Crippen LogP contribution in [-0.4, -0.2) is 297 Å². The van der Waals surface area contributed by atoms with Crippen molar-refractivity contribution in [2.75, 3.05) is 72.9 Å². The first-order chi connectivity index (χ1) is 67.6. The molecule has 2 aromatic carbocycles. The number of allylic oxidation sites excluding steroid dienone is 2. The fourth-order valence-electron chi connectivity index (χ4n) is 16.2. The third-order valence-electron chi connectivity index (χ3n) is 24.1. The summed E-state index contributed by atoms with van der Waals surface area (Å²) < 4.78 is 10.7. The number of tetrazole rings is 1. The van der Waals surface area contributed by atoms with Crippen LogP contribution < -0.4 is 75.3 Å². The van der Waals surface area contributed by atoms with E-state index in [0.717, 1.165) is 55.3 Å². The number of ketones is 1. The number of aliphatic hydroxyl groups is 3. The summed E-state index contributed by atoms with van der Waals surface area (Å²) in [6.45, 7) is 1.54. The average molecular weight is 1960 g/mol. The van der Waals surface area contributed by atoms with Crippen molar-refractivity contribution in [3.63, 3.8) is 0 Å². The van der Waals surface area contributed by atoms with Crippen LogP contribution in [0.1, 0.15) is 230 Å². The number of aliphatic hydroxyl groups excluding tert-OH is 3. The number of aryl methyl sites for hydroxylation is 1. The molecule has 6 heterocycles. The highest BCUT2D eigenvalue weighted by Gasteiger charge is 2.43. The molecule has 0 unspecified atom stereocenters. The maximum absolute atomic E-state index is 14.4. The van der Waals surface area contributed by atoms with Crippen molar-refractivity contribution in [2.45, 2.75) is 299 Å². The molecular weight excluding hydrogens is 1810 g/mol. The normalized spacial score (nSPS) is 19.4. The Balaban J connectivity index is 0.000000390. The first-order valence-electron chi connectivity index (χ1n) is 48.9. The van der Waals surface area contributed by atoms with Gasteiger partial charge in [-0.15, -0.1) is 10.2 Å². The SMILES string of the molecule is CCCC[C@H](NC(=O)[C@H](CC1=CCC=N1)NC(=O)[C@H](CC1=CCC=N1)NC(=O)[C@@H](CO)NC(=O)[C@H](CO)NC(=O)CNC(=O)COCCOCCNC(=O)CCCCCCCCCCCCCCCc1nn[nH]n1)C(=O)NC.C[C@H]1CCC(=O)CCCCC[C@@H](C(=O)O)NC(=O)[C@H](Cc2c[nH]c3ccccc23)NC(=O)[C@H](CCCN=C(N)N)NC(=O)[C@@H](Cc2ccccc2)NC(=O)[C@@H]2C[C@@H](O)CN2C1=O. The minimum Gasteiger partial charge on any atom is -0.480 e. The molecule has 0 aliphatic carbocycles. The number of amides is 13. The summed E-state index contributed by atoms with van der Waals surface area (Å²) in [5, 5.41) is 86.7. The number of rotatable bonds is 54. The number of benzene rings is 2. The fourth-order valence-corrected chi connectivity index (χ4v) is 16.2. The highest BCUT2D eigenvalue weighted by Crippen LogP contribution is 2.26. The summed E-state index contributed by atoms with van der Waals surface area (Å²) in [5.41, 5.74) is 14.2. The highest BCUT2D eigenvalue weighted by molar-refractivity contribution is 5.99. The number of aliphatic imine (C=N–C) groups is 3. The van der Waals surface area contributed by atoms with Gasteiger partial charge < -0.3 is 115 Å². The molecule has 4 aromatic rings. The third kappa shape index (κ3) is 42.9. The van der Waals surface area contributed by atoms with Gasteiger partial charge in [0.1, 0.15) is 72.8 Å². The van der Waals surface area contributed by atoms with Gasteiger partial charge in [0.2, 0.25) is 76.8 Å². The zero-order valence-electron chi connectivity index (χ0n) is 80.6. The van der Waals surface area contributed by atoms with Crippen LogP contribution in [0, 0.1) is 5.92 Å². The monoisotopic (exact) mass is 1960 g/mol. The number of carbonyl (C=O) groups is 15. The predicted octanol–water partition coefficient (Wildman–Crippen LogP) is 1.25. The molecule has 22 N–H and O–H groups in total. The molecule has 0 spiro atoms. The number of H-pyrrole nitrogens is 2. The lowest BCUT2D eigenvalue weighted by atomic mass is 9.98. The number of fused-ring (bicyclic) bond motifs is 2. The number of nitrogens with zero attached hydrogens (tertiary/aromatic N) is 7. The summed E-state index contributed by atoms with van der Waals surface area (Å²) in [7, 11) is 1.45. The number of aromatic amines is 2. The van der Waals surface area contributed by atoms with Gasteiger partial charge in [-0.05, 0) is 68.6 Å². The van der Waals surface area contributed by atoms with Gasteiger partial charge in [-0.2, -0.15) is 5.21 Å². The number of nitrogens with two attached hydrogens (primary N) is 2. The zero-order chi connectivity index (χ0) is 101. The number of nitrogens with one attached hydrogen (secondary N) is 14. The number of carboxylic acids is 1. The Labute approximate surface area is 815 Å². The quantitative estimate of drug-likeness (QED) is 0.0168. The molecule has 8 rings (SSSR count). The average Bonchev–Trinajstić information content (AvgIpc) is 1.66. The number of ether oxygens (including phenoxy) is 2. The maximum atomic E-state index is 14.4. The van der Waals surface area contributed by atoms with Gasteiger partial charge >= 0.3 is 5.97 Å². The first-order valence-corrected chi connectivity index (χ1v) is 48.9. The molecule has 0 radical (unpaired) electrons. The van der Waals surface area contributed by atoms with Crippen LogP contribution in [0.2, 0.25) is 0 Å². The number of hydrogen-bond acceptors (Lipinski definition) is 26. The lowest BCUT2D eigenvalue weighted by molar-refractivity contribution is -0.143. The van der Waals surface area contributed by atoms with Crippen LogP contribution in [-0.2, 0) is 101 Å². The molecule has 770 valence electrons. The molecule has 44 nitrogen and oxygen atoms in total. The Kier molecular flexibility index (Phi) is 52.6. The largest absolute Gasteiger partial charge is 0.480 e. The van der Waals surface area contributed by atoms with Gasteiger partial charge in [-0.3, -0.25) is 82.1 Å². The number of aromatic nitrogens is 5. The van der Waals surface area contributed by atoms with Crippen molar-refractivity contribution < 1.29 is 102 Å². The van der Waals surface area contributed by atoms with Gasteiger partial charge in [0, 0.05) is 144 Å². The van der Waals surface area contributed by atoms with E-state index in [4.69, 9.17) is 20.9 Å². The van der Waals surface area contributed by atoms with Crippen molar-refractivity contribution in [3.05, 3.63) is 101 Å². The number of unbranched alkanes of at least 4 members (excludes halogenated alkanes) is 13. The summed E-state index contributed by atoms with van der Waals surface area (Å²) in [6, 6.07) is 3.19. The van der Waals surface area contributed by atoms with E-state index in [2.05, 4.69) is 104 Å². The van der Waals surface area contributed by atoms with E-state index >= 15 is 0 Å². The highest BCUT2D eigenvalue weighted by atomic mass is 16.5. The van der Waals surface area contributed by atoms with Crippen molar-refractivity contribution in [1.82, 2.24) is 94.3 Å². The van der Waals surface area contributed by atoms with Crippen LogP contribution in [0.3, 0.4) is 0 Å². The van der Waals surface area contributed by atoms with E-state index in [-0.39, 0.29) is 121 Å². The number of likely N-dealkylation sites (N-methyl/N-ethyl adjacent to an activating group) is 1. The molecule has 2 saturated heterocycles. The minimum absolute atomic E-state index is 0.00296. The molecule has 0 bridgehead atoms. The van der Waals surface area contributed by atoms with E-state index in [1.165, 1.54) is 69.7 Å². The number of guanidine groups is 1. The molecule has 13 amide bonds. The molecule has 4 aliphatic rings. The summed E-state index contributed by atoms with van der Waals surface area (Å²) in [4.78, 5) is 217. The Morgan fingerprint density at radius 3 is 1.79 bits per heavy atom. The van der Waals surface area contributed by atoms with Crippen molar-refractivity contribution >= 4 is 118 Å². The van der Waals surface area contributed by atoms with Gasteiger partial charge in [0.05, 0.1) is 45.7 Å². The van der Waals surface area contributed by atoms with Gasteiger partial charge in [-0.1, -0.05) is 176 Å². The smallest absolute Gasteiger partial charge is 0.326 e. The summed E-state index contributed by atoms with van der Waals surface area (Å²) in [6.07, 6.45) is 28.8. The van der Waals surface area contributed by atoms with E-state index in [1.54, 1.807) is 68.0 Å². The van der Waals surface area contributed by atoms with Gasteiger partial charge in [-0.25, -0.2) is 4.79 Å². The Hall–Kier alpha value is -12.8. The van der Waals surface area contributed by atoms with E-state index in [0.29, 0.717) is 80.4 Å². The standard InChI is InChI=1S/C52H86N14O12.C44H59N9O9/c1-3-4-22-39(48(72)53-2)59-49(73)40(31-37-20-18-25-54-37)60-50(74)41(32-38-21-19-26-55-38)61-52(76)43(35-68)62-51(75)42(34-67)58-46(70)33-57-47(71)36-78-30-29-77-28-27-56-45(69)24-17-15-13-11-9-7-5-6-8-10-12-14-16-23-44-63-65-66-64-44;1-26-18-19-29(54)13-6-3-7-16-34(43(61)62)50-40(58)36(22-28-24-48-32-15-9-8-14-31(28)32)51-38(56)33(17-10-20-47-44(45)46)49-39(57)35(21-27-11-4-2-5-12-27)52-41(59)37-23-30(55)25-53(37)42(26)60/h20-21,25-26,39-43,67-68H,3-19,22-24,27-36H2,1-2H3,(H,53,72)(H,56,69)(H,57,71)(H,58,70)(H,59,73)(H,60,74)(H,61,76)(H,62,75)(H,63,64,65,66);2,4-5,8-9,11-12,14-15,24,26,30,33-37,48,55H,3,6-7,10,13,16-23,25H2,1H3,(H,49,57)(H,50,58)(H,51,56)(H,52,59)(H,61,62)(H4,45,46,47)/t39-,40-,41-,42-,43+;26-,30+,33-,34-,35+,36-,37-/m00/s1. The van der Waals surface area contributed by atoms with E-state index in [1.807, 2.05) is 31.2 Å². The van der Waals surface area contributed by atoms with Crippen molar-refractivity contribution in [1.29, 1.82) is 0 Å². The molecule has 44 heteroatoms. The molecule has 0 saturated carbocycles. The molecule has 2 aromatic heterocycles. The van der Waals surface area contributed by atoms with Gasteiger partial charge in [0.15, 0.2) is 11.8 Å². The second-order valence-electron chi connectivity index (χ2n) is 35.4.